The van der Waals surface area contributed by atoms with E-state index < -0.39 is 0 Å². The number of nitrogens with zero attached hydrogens (tertiary/aromatic N) is 3. The number of carbonyl (C=O) groups is 1. The molecule has 0 atom stereocenters. The molecule has 2 N–H and O–H groups in total. The van der Waals surface area contributed by atoms with Crippen LogP contribution in [-0.4, -0.2) is 49.4 Å². The number of aromatic nitrogens is 3. The number of amides is 1. The van der Waals surface area contributed by atoms with Gasteiger partial charge < -0.3 is 15.2 Å². The molecule has 0 unspecified atom stereocenters. The molecule has 3 heterocycles. The highest BCUT2D eigenvalue weighted by Gasteiger charge is 2.41. The van der Waals surface area contributed by atoms with E-state index in [1.165, 1.54) is 0 Å². The Morgan fingerprint density at radius 2 is 1.91 bits per heavy atom. The van der Waals surface area contributed by atoms with E-state index >= 15 is 0 Å². The first-order chi connectivity index (χ1) is 15.0. The maximum Gasteiger partial charge on any atom is 0.255 e. The third-order valence-corrected chi connectivity index (χ3v) is 6.17. The summed E-state index contributed by atoms with van der Waals surface area (Å²) < 4.78 is 0. The highest BCUT2D eigenvalue weighted by atomic mass is 16.2. The second kappa shape index (κ2) is 9.53. The summed E-state index contributed by atoms with van der Waals surface area (Å²) in [7, 11) is 0. The van der Waals surface area contributed by atoms with E-state index in [0.717, 1.165) is 31.2 Å². The normalized spacial score (nSPS) is 17.8. The van der Waals surface area contributed by atoms with Crippen molar-refractivity contribution in [3.05, 3.63) is 46.1 Å². The van der Waals surface area contributed by atoms with Crippen molar-refractivity contribution in [1.29, 1.82) is 0 Å². The van der Waals surface area contributed by atoms with Gasteiger partial charge in [-0.25, -0.2) is 4.98 Å². The lowest BCUT2D eigenvalue weighted by atomic mass is 9.79. The molecule has 174 valence electrons. The fourth-order valence-electron chi connectivity index (χ4n) is 5.04. The van der Waals surface area contributed by atoms with Gasteiger partial charge in [-0.05, 0) is 66.0 Å². The van der Waals surface area contributed by atoms with Crippen LogP contribution in [0.1, 0.15) is 71.6 Å². The number of nitrogens with one attached hydrogen (secondary N) is 2. The second-order valence-electron chi connectivity index (χ2n) is 10.3. The van der Waals surface area contributed by atoms with Crippen LogP contribution in [0.4, 0.5) is 0 Å². The molecular weight excluding hydrogens is 402 g/mol. The van der Waals surface area contributed by atoms with E-state index in [0.29, 0.717) is 23.6 Å². The third kappa shape index (κ3) is 5.82. The summed E-state index contributed by atoms with van der Waals surface area (Å²) in [5.74, 6) is 0.475. The van der Waals surface area contributed by atoms with Gasteiger partial charge in [-0.1, -0.05) is 13.3 Å². The number of aromatic amines is 1. The summed E-state index contributed by atoms with van der Waals surface area (Å²) in [5, 5.41) is 3.69. The Balaban J connectivity index is 1.86. The van der Waals surface area contributed by atoms with Gasteiger partial charge in [-0.15, -0.1) is 0 Å². The van der Waals surface area contributed by atoms with Crippen LogP contribution in [0, 0.1) is 6.92 Å². The lowest BCUT2D eigenvalue weighted by molar-refractivity contribution is -0.134. The minimum Gasteiger partial charge on any atom is -0.339 e. The summed E-state index contributed by atoms with van der Waals surface area (Å²) in [6.45, 7) is 13.4. The number of aryl methyl sites for hydroxylation is 1. The maximum absolute atomic E-state index is 13.5. The topological polar surface area (TPSA) is 91.0 Å². The number of piperidine rings is 1. The standard InChI is InChI=1S/C25H37N5O2/c1-7-8-12-30(19-14-24(3,4)29-25(5,6)15-19)21(31)13-20-17(2)27-22(28-23(20)32)18-10-9-11-26-16-18/h9-11,16,19,29H,7-8,12-15H2,1-6H3,(H,27,28,32). The Labute approximate surface area is 191 Å². The van der Waals surface area contributed by atoms with Crippen molar-refractivity contribution < 1.29 is 4.79 Å². The zero-order valence-electron chi connectivity index (χ0n) is 20.3. The molecule has 32 heavy (non-hydrogen) atoms. The molecule has 7 nitrogen and oxygen atoms in total. The molecule has 0 bridgehead atoms. The maximum atomic E-state index is 13.5. The molecule has 0 radical (unpaired) electrons. The Bertz CT molecular complexity index is 981. The van der Waals surface area contributed by atoms with Gasteiger partial charge in [0.2, 0.25) is 5.91 Å². The summed E-state index contributed by atoms with van der Waals surface area (Å²) >= 11 is 0. The Hall–Kier alpha value is -2.54. The van der Waals surface area contributed by atoms with Crippen molar-refractivity contribution in [1.82, 2.24) is 25.2 Å². The van der Waals surface area contributed by atoms with E-state index in [-0.39, 0.29) is 35.0 Å². The molecular formula is C25H37N5O2. The SMILES string of the molecule is CCCCN(C(=O)Cc1c(C)nc(-c2cccnc2)[nH]c1=O)C1CC(C)(C)NC(C)(C)C1. The van der Waals surface area contributed by atoms with E-state index in [4.69, 9.17) is 0 Å². The number of hydrogen-bond donors (Lipinski definition) is 2. The quantitative estimate of drug-likeness (QED) is 0.688. The molecule has 0 aromatic carbocycles. The van der Waals surface area contributed by atoms with Crippen molar-refractivity contribution >= 4 is 5.91 Å². The van der Waals surface area contributed by atoms with Crippen molar-refractivity contribution in [2.75, 3.05) is 6.54 Å². The largest absolute Gasteiger partial charge is 0.339 e. The molecule has 1 saturated heterocycles. The van der Waals surface area contributed by atoms with Crippen LogP contribution in [0.3, 0.4) is 0 Å². The van der Waals surface area contributed by atoms with Gasteiger partial charge >= 0.3 is 0 Å². The van der Waals surface area contributed by atoms with E-state index in [2.05, 4.69) is 54.9 Å². The van der Waals surface area contributed by atoms with Gasteiger partial charge in [0, 0.05) is 52.9 Å². The molecule has 0 spiro atoms. The van der Waals surface area contributed by atoms with Crippen LogP contribution in [0.2, 0.25) is 0 Å². The van der Waals surface area contributed by atoms with Crippen molar-refractivity contribution in [2.45, 2.75) is 90.8 Å². The zero-order chi connectivity index (χ0) is 23.5. The summed E-state index contributed by atoms with van der Waals surface area (Å²) in [4.78, 5) is 39.9. The van der Waals surface area contributed by atoms with Gasteiger partial charge in [-0.2, -0.15) is 0 Å². The van der Waals surface area contributed by atoms with Crippen LogP contribution in [-0.2, 0) is 11.2 Å². The number of hydrogen-bond acceptors (Lipinski definition) is 5. The van der Waals surface area contributed by atoms with Crippen LogP contribution in [0.15, 0.2) is 29.3 Å². The molecule has 2 aromatic rings. The van der Waals surface area contributed by atoms with Crippen molar-refractivity contribution in [3.63, 3.8) is 0 Å². The predicted octanol–water partition coefficient (Wildman–Crippen LogP) is 3.62. The van der Waals surface area contributed by atoms with Crippen molar-refractivity contribution in [3.8, 4) is 11.4 Å². The number of carbonyl (C=O) groups excluding carboxylic acids is 1. The monoisotopic (exact) mass is 439 g/mol. The average Bonchev–Trinajstić information content (AvgIpc) is 2.69. The lowest BCUT2D eigenvalue weighted by Crippen LogP contribution is -2.63. The highest BCUT2D eigenvalue weighted by Crippen LogP contribution is 2.32. The third-order valence-electron chi connectivity index (χ3n) is 6.17. The van der Waals surface area contributed by atoms with E-state index in [9.17, 15) is 9.59 Å². The van der Waals surface area contributed by atoms with Crippen molar-refractivity contribution in [2.24, 2.45) is 0 Å². The second-order valence-corrected chi connectivity index (χ2v) is 10.3. The number of H-pyrrole nitrogens is 1. The van der Waals surface area contributed by atoms with Gasteiger partial charge in [0.15, 0.2) is 0 Å². The fourth-order valence-corrected chi connectivity index (χ4v) is 5.04. The van der Waals surface area contributed by atoms with Crippen LogP contribution in [0.25, 0.3) is 11.4 Å². The smallest absolute Gasteiger partial charge is 0.255 e. The Kier molecular flexibility index (Phi) is 7.18. The molecule has 0 saturated carbocycles. The van der Waals surface area contributed by atoms with Crippen LogP contribution in [0.5, 0.6) is 0 Å². The first-order valence-electron chi connectivity index (χ1n) is 11.6. The first kappa shape index (κ1) is 24.1. The summed E-state index contributed by atoms with van der Waals surface area (Å²) in [5.41, 5.74) is 1.40. The van der Waals surface area contributed by atoms with Gasteiger partial charge in [0.1, 0.15) is 5.82 Å². The minimum atomic E-state index is -0.258. The number of unbranched alkanes of at least 4 members (excludes halogenated alkanes) is 1. The minimum absolute atomic E-state index is 0.00137. The Morgan fingerprint density at radius 1 is 1.22 bits per heavy atom. The number of pyridine rings is 1. The molecule has 1 amide bonds. The Morgan fingerprint density at radius 3 is 2.47 bits per heavy atom. The van der Waals surface area contributed by atoms with Crippen LogP contribution < -0.4 is 10.9 Å². The van der Waals surface area contributed by atoms with E-state index in [1.807, 2.05) is 11.0 Å². The molecule has 2 aromatic heterocycles. The van der Waals surface area contributed by atoms with Crippen LogP contribution >= 0.6 is 0 Å². The average molecular weight is 440 g/mol. The molecule has 0 aliphatic carbocycles. The van der Waals surface area contributed by atoms with Gasteiger partial charge in [0.25, 0.3) is 5.56 Å². The molecule has 1 aliphatic rings. The fraction of sp³-hybridized carbons (Fsp3) is 0.600. The predicted molar refractivity (Wildman–Crippen MR) is 127 cm³/mol. The highest BCUT2D eigenvalue weighted by molar-refractivity contribution is 5.79. The summed E-state index contributed by atoms with van der Waals surface area (Å²) in [6.07, 6.45) is 7.15. The van der Waals surface area contributed by atoms with Gasteiger partial charge in [0.05, 0.1) is 6.42 Å². The zero-order valence-corrected chi connectivity index (χ0v) is 20.3. The number of rotatable bonds is 7. The molecule has 7 heteroatoms. The van der Waals surface area contributed by atoms with Gasteiger partial charge in [-0.3, -0.25) is 14.6 Å². The summed E-state index contributed by atoms with van der Waals surface area (Å²) in [6, 6.07) is 3.79. The molecule has 1 aliphatic heterocycles. The van der Waals surface area contributed by atoms with E-state index in [1.54, 1.807) is 25.4 Å². The molecule has 1 fully saturated rings. The molecule has 3 rings (SSSR count). The lowest BCUT2D eigenvalue weighted by Gasteiger charge is -2.49. The first-order valence-corrected chi connectivity index (χ1v) is 11.6.